The monoisotopic (exact) mass is 325 g/mol. The van der Waals surface area contributed by atoms with Gasteiger partial charge in [-0.05, 0) is 26.8 Å². The van der Waals surface area contributed by atoms with Gasteiger partial charge in [-0.15, -0.1) is 6.58 Å². The third kappa shape index (κ3) is 2.14. The molecule has 104 valence electrons. The first kappa shape index (κ1) is 14.3. The van der Waals surface area contributed by atoms with E-state index in [1.54, 1.807) is 12.3 Å². The van der Waals surface area contributed by atoms with E-state index in [1.807, 2.05) is 0 Å². The predicted molar refractivity (Wildman–Crippen MR) is 81.4 cm³/mol. The number of rotatable bonds is 4. The third-order valence-corrected chi connectivity index (χ3v) is 5.37. The summed E-state index contributed by atoms with van der Waals surface area (Å²) in [4.78, 5) is 12.1. The minimum Gasteiger partial charge on any atom is -0.379 e. The van der Waals surface area contributed by atoms with Crippen molar-refractivity contribution in [3.8, 4) is 0 Å². The van der Waals surface area contributed by atoms with Crippen LogP contribution in [-0.2, 0) is 6.54 Å². The zero-order valence-electron chi connectivity index (χ0n) is 11.8. The first-order valence-corrected chi connectivity index (χ1v) is 7.16. The van der Waals surface area contributed by atoms with Crippen LogP contribution in [0.25, 0.3) is 0 Å². The van der Waals surface area contributed by atoms with Gasteiger partial charge in [-0.25, -0.2) is 4.68 Å². The van der Waals surface area contributed by atoms with Crippen LogP contribution in [0, 0.1) is 10.8 Å². The quantitative estimate of drug-likeness (QED) is 0.865. The predicted octanol–water partition coefficient (Wildman–Crippen LogP) is 3.04. The largest absolute Gasteiger partial charge is 0.379 e. The van der Waals surface area contributed by atoms with Crippen molar-refractivity contribution in [3.63, 3.8) is 0 Å². The van der Waals surface area contributed by atoms with Gasteiger partial charge < -0.3 is 5.32 Å². The molecule has 5 heteroatoms. The Bertz CT molecular complexity index is 561. The van der Waals surface area contributed by atoms with Crippen LogP contribution in [-0.4, -0.2) is 15.8 Å². The molecule has 1 heterocycles. The third-order valence-electron chi connectivity index (χ3n) is 4.61. The summed E-state index contributed by atoms with van der Waals surface area (Å²) >= 11 is 3.36. The molecule has 1 fully saturated rings. The van der Waals surface area contributed by atoms with Crippen molar-refractivity contribution < 1.29 is 0 Å². The highest BCUT2D eigenvalue weighted by Crippen LogP contribution is 2.63. The average molecular weight is 326 g/mol. The van der Waals surface area contributed by atoms with Crippen LogP contribution in [0.2, 0.25) is 0 Å². The lowest BCUT2D eigenvalue weighted by Gasteiger charge is -2.11. The summed E-state index contributed by atoms with van der Waals surface area (Å²) in [6.45, 7) is 12.9. The van der Waals surface area contributed by atoms with E-state index in [9.17, 15) is 4.79 Å². The van der Waals surface area contributed by atoms with Crippen molar-refractivity contribution in [2.24, 2.45) is 10.8 Å². The van der Waals surface area contributed by atoms with Gasteiger partial charge in [-0.3, -0.25) is 4.79 Å². The molecule has 1 aromatic rings. The smallest absolute Gasteiger partial charge is 0.283 e. The highest BCUT2D eigenvalue weighted by molar-refractivity contribution is 9.10. The van der Waals surface area contributed by atoms with E-state index in [1.165, 1.54) is 4.68 Å². The Morgan fingerprint density at radius 1 is 1.47 bits per heavy atom. The lowest BCUT2D eigenvalue weighted by atomic mass is 10.0. The van der Waals surface area contributed by atoms with E-state index in [-0.39, 0.29) is 16.4 Å². The molecule has 0 atom stereocenters. The van der Waals surface area contributed by atoms with Gasteiger partial charge >= 0.3 is 0 Å². The summed E-state index contributed by atoms with van der Waals surface area (Å²) in [5.41, 5.74) is 1.04. The molecule has 1 aromatic heterocycles. The van der Waals surface area contributed by atoms with Crippen molar-refractivity contribution in [2.45, 2.75) is 40.3 Å². The fraction of sp³-hybridized carbons (Fsp3) is 0.571. The maximum atomic E-state index is 12.1. The molecule has 1 aliphatic rings. The first-order valence-electron chi connectivity index (χ1n) is 6.36. The van der Waals surface area contributed by atoms with Crippen LogP contribution in [0.4, 0.5) is 5.69 Å². The number of nitrogens with one attached hydrogen (secondary N) is 1. The molecule has 1 N–H and O–H groups in total. The van der Waals surface area contributed by atoms with Gasteiger partial charge in [0.05, 0.1) is 18.4 Å². The number of nitrogens with zero attached hydrogens (tertiary/aromatic N) is 2. The van der Waals surface area contributed by atoms with Crippen molar-refractivity contribution in [2.75, 3.05) is 5.32 Å². The van der Waals surface area contributed by atoms with Crippen molar-refractivity contribution in [1.82, 2.24) is 9.78 Å². The van der Waals surface area contributed by atoms with Crippen LogP contribution in [0.1, 0.15) is 27.7 Å². The van der Waals surface area contributed by atoms with Gasteiger partial charge in [-0.2, -0.15) is 5.10 Å². The summed E-state index contributed by atoms with van der Waals surface area (Å²) in [6.07, 6.45) is 3.35. The summed E-state index contributed by atoms with van der Waals surface area (Å²) < 4.78 is 1.91. The molecule has 0 radical (unpaired) electrons. The normalized spacial score (nSPS) is 20.1. The van der Waals surface area contributed by atoms with Crippen LogP contribution in [0.5, 0.6) is 0 Å². The van der Waals surface area contributed by atoms with Crippen molar-refractivity contribution in [1.29, 1.82) is 0 Å². The molecule has 0 spiro atoms. The Morgan fingerprint density at radius 3 is 2.53 bits per heavy atom. The Hall–Kier alpha value is -1.10. The molecule has 0 aliphatic heterocycles. The molecular weight excluding hydrogens is 306 g/mol. The van der Waals surface area contributed by atoms with E-state index in [4.69, 9.17) is 0 Å². The Balaban J connectivity index is 2.27. The standard InChI is InChI=1S/C14H20BrN3O/c1-6-7-18-11(19)10(15)9(8-16-18)17-12-13(2,3)14(12,4)5/h6,8,12,17H,1,7H2,2-5H3. The van der Waals surface area contributed by atoms with Gasteiger partial charge in [0.1, 0.15) is 4.47 Å². The number of allylic oxidation sites excluding steroid dienone is 1. The van der Waals surface area contributed by atoms with Crippen LogP contribution in [0.15, 0.2) is 28.1 Å². The molecule has 4 nitrogen and oxygen atoms in total. The lowest BCUT2D eigenvalue weighted by molar-refractivity contribution is 0.457. The van der Waals surface area contributed by atoms with Crippen LogP contribution < -0.4 is 10.9 Å². The summed E-state index contributed by atoms with van der Waals surface area (Å²) in [6, 6.07) is 0.341. The van der Waals surface area contributed by atoms with E-state index >= 15 is 0 Å². The van der Waals surface area contributed by atoms with Gasteiger partial charge in [0, 0.05) is 6.04 Å². The second kappa shape index (κ2) is 4.47. The molecule has 0 unspecified atom stereocenters. The number of anilines is 1. The molecule has 0 aromatic carbocycles. The lowest BCUT2D eigenvalue weighted by Crippen LogP contribution is -2.25. The molecule has 19 heavy (non-hydrogen) atoms. The van der Waals surface area contributed by atoms with Gasteiger partial charge in [0.25, 0.3) is 5.56 Å². The van der Waals surface area contributed by atoms with Crippen LogP contribution >= 0.6 is 15.9 Å². The zero-order valence-corrected chi connectivity index (χ0v) is 13.4. The molecule has 0 amide bonds. The maximum Gasteiger partial charge on any atom is 0.283 e. The number of hydrogen-bond donors (Lipinski definition) is 1. The first-order chi connectivity index (χ1) is 8.73. The molecule has 2 rings (SSSR count). The molecule has 1 saturated carbocycles. The Kier molecular flexibility index (Phi) is 3.37. The Labute approximate surface area is 122 Å². The SMILES string of the molecule is C=CCn1ncc(NC2C(C)(C)C2(C)C)c(Br)c1=O. The highest BCUT2D eigenvalue weighted by atomic mass is 79.9. The van der Waals surface area contributed by atoms with E-state index in [0.29, 0.717) is 17.1 Å². The van der Waals surface area contributed by atoms with Crippen LogP contribution in [0.3, 0.4) is 0 Å². The van der Waals surface area contributed by atoms with E-state index < -0.39 is 0 Å². The molecular formula is C14H20BrN3O. The number of aromatic nitrogens is 2. The van der Waals surface area contributed by atoms with E-state index in [0.717, 1.165) is 5.69 Å². The van der Waals surface area contributed by atoms with E-state index in [2.05, 4.69) is 60.6 Å². The average Bonchev–Trinajstić information content (AvgIpc) is 2.71. The minimum atomic E-state index is -0.138. The minimum absolute atomic E-state index is 0.138. The van der Waals surface area contributed by atoms with Crippen molar-refractivity contribution >= 4 is 21.6 Å². The second-order valence-corrected chi connectivity index (χ2v) is 6.96. The van der Waals surface area contributed by atoms with Gasteiger partial charge in [-0.1, -0.05) is 33.8 Å². The molecule has 0 saturated heterocycles. The van der Waals surface area contributed by atoms with Gasteiger partial charge in [0.15, 0.2) is 0 Å². The molecule has 1 aliphatic carbocycles. The summed E-state index contributed by atoms with van der Waals surface area (Å²) in [5, 5.41) is 7.57. The topological polar surface area (TPSA) is 46.9 Å². The summed E-state index contributed by atoms with van der Waals surface area (Å²) in [7, 11) is 0. The zero-order chi connectivity index (χ0) is 14.4. The highest BCUT2D eigenvalue weighted by Gasteiger charge is 2.65. The maximum absolute atomic E-state index is 12.1. The fourth-order valence-electron chi connectivity index (χ4n) is 2.53. The number of halogens is 1. The Morgan fingerprint density at radius 2 is 2.05 bits per heavy atom. The van der Waals surface area contributed by atoms with Gasteiger partial charge in [0.2, 0.25) is 0 Å². The van der Waals surface area contributed by atoms with Crippen molar-refractivity contribution in [3.05, 3.63) is 33.7 Å². The molecule has 0 bridgehead atoms. The fourth-order valence-corrected chi connectivity index (χ4v) is 2.95. The number of hydrogen-bond acceptors (Lipinski definition) is 3. The summed E-state index contributed by atoms with van der Waals surface area (Å²) in [5.74, 6) is 0. The second-order valence-electron chi connectivity index (χ2n) is 6.17.